The van der Waals surface area contributed by atoms with Gasteiger partial charge in [-0.3, -0.25) is 9.59 Å². The molecule has 1 amide bonds. The Morgan fingerprint density at radius 3 is 2.88 bits per heavy atom. The van der Waals surface area contributed by atoms with Crippen molar-refractivity contribution in [1.29, 1.82) is 0 Å². The first-order valence-corrected chi connectivity index (χ1v) is 5.71. The fraction of sp³-hybridized carbons (Fsp3) is 0.556. The molecular weight excluding hydrogens is 230 g/mol. The quantitative estimate of drug-likeness (QED) is 0.565. The predicted octanol–water partition coefficient (Wildman–Crippen LogP) is 0.835. The van der Waals surface area contributed by atoms with E-state index in [2.05, 4.69) is 15.5 Å². The number of thioether (sulfide) groups is 1. The van der Waals surface area contributed by atoms with Gasteiger partial charge in [0, 0.05) is 5.71 Å². The highest BCUT2D eigenvalue weighted by Crippen LogP contribution is 2.22. The molecule has 1 aliphatic heterocycles. The summed E-state index contributed by atoms with van der Waals surface area (Å²) in [5.74, 6) is -1.32. The number of carboxylic acids is 1. The first kappa shape index (κ1) is 12.7. The molecule has 0 saturated carbocycles. The zero-order chi connectivity index (χ0) is 12.1. The molecule has 1 heterocycles. The largest absolute Gasteiger partial charge is 0.481 e. The highest BCUT2D eigenvalue weighted by Gasteiger charge is 2.32. The van der Waals surface area contributed by atoms with Crippen molar-refractivity contribution >= 4 is 34.5 Å². The summed E-state index contributed by atoms with van der Waals surface area (Å²) in [6, 6.07) is 0. The molecule has 1 fully saturated rings. The van der Waals surface area contributed by atoms with E-state index in [1.165, 1.54) is 0 Å². The molecule has 16 heavy (non-hydrogen) atoms. The van der Waals surface area contributed by atoms with Crippen LogP contribution in [0.25, 0.3) is 0 Å². The Hall–Kier alpha value is -1.37. The van der Waals surface area contributed by atoms with Crippen molar-refractivity contribution in [2.75, 3.05) is 0 Å². The van der Waals surface area contributed by atoms with Crippen molar-refractivity contribution < 1.29 is 14.7 Å². The average molecular weight is 243 g/mol. The zero-order valence-corrected chi connectivity index (χ0v) is 9.87. The molecule has 1 rings (SSSR count). The van der Waals surface area contributed by atoms with Crippen LogP contribution < -0.4 is 5.32 Å². The topological polar surface area (TPSA) is 91.1 Å². The molecule has 7 heteroatoms. The van der Waals surface area contributed by atoms with Crippen LogP contribution in [0.5, 0.6) is 0 Å². The molecule has 1 aliphatic rings. The van der Waals surface area contributed by atoms with Crippen LogP contribution in [0, 0.1) is 0 Å². The molecule has 0 aromatic rings. The van der Waals surface area contributed by atoms with Crippen molar-refractivity contribution in [3.63, 3.8) is 0 Å². The van der Waals surface area contributed by atoms with Crippen LogP contribution in [-0.4, -0.2) is 33.1 Å². The number of carbonyl (C=O) groups is 2. The normalized spacial score (nSPS) is 23.6. The minimum atomic E-state index is -0.998. The third kappa shape index (κ3) is 3.65. The van der Waals surface area contributed by atoms with E-state index in [1.54, 1.807) is 0 Å². The lowest BCUT2D eigenvalue weighted by atomic mass is 10.3. The van der Waals surface area contributed by atoms with Gasteiger partial charge in [0.1, 0.15) is 5.25 Å². The van der Waals surface area contributed by atoms with E-state index in [4.69, 9.17) is 5.11 Å². The summed E-state index contributed by atoms with van der Waals surface area (Å²) in [5, 5.41) is 18.6. The number of nitrogens with zero attached hydrogens (tertiary/aromatic N) is 2. The molecule has 1 atom stereocenters. The van der Waals surface area contributed by atoms with E-state index in [1.807, 2.05) is 13.8 Å². The Morgan fingerprint density at radius 2 is 2.31 bits per heavy atom. The lowest BCUT2D eigenvalue weighted by Crippen LogP contribution is -2.26. The predicted molar refractivity (Wildman–Crippen MR) is 62.6 cm³/mol. The molecule has 0 aromatic carbocycles. The summed E-state index contributed by atoms with van der Waals surface area (Å²) in [7, 11) is 0. The molecule has 0 spiro atoms. The summed E-state index contributed by atoms with van der Waals surface area (Å²) >= 11 is 1.10. The highest BCUT2D eigenvalue weighted by atomic mass is 32.2. The lowest BCUT2D eigenvalue weighted by Gasteiger charge is -1.97. The van der Waals surface area contributed by atoms with Crippen LogP contribution in [0.1, 0.15) is 26.7 Å². The fourth-order valence-corrected chi connectivity index (χ4v) is 1.86. The van der Waals surface area contributed by atoms with Gasteiger partial charge in [-0.15, -0.1) is 5.10 Å². The van der Waals surface area contributed by atoms with Gasteiger partial charge in [0.15, 0.2) is 5.17 Å². The third-order valence-electron chi connectivity index (χ3n) is 1.96. The Balaban J connectivity index is 2.62. The van der Waals surface area contributed by atoms with Crippen molar-refractivity contribution in [3.05, 3.63) is 0 Å². The minimum Gasteiger partial charge on any atom is -0.481 e. The van der Waals surface area contributed by atoms with Gasteiger partial charge >= 0.3 is 5.97 Å². The van der Waals surface area contributed by atoms with Gasteiger partial charge in [-0.1, -0.05) is 18.7 Å². The monoisotopic (exact) mass is 243 g/mol. The summed E-state index contributed by atoms with van der Waals surface area (Å²) in [6.45, 7) is 3.78. The number of hydrogen-bond donors (Lipinski definition) is 2. The van der Waals surface area contributed by atoms with Crippen LogP contribution in [0.3, 0.4) is 0 Å². The summed E-state index contributed by atoms with van der Waals surface area (Å²) in [5.41, 5.74) is 0.851. The van der Waals surface area contributed by atoms with Crippen LogP contribution in [-0.2, 0) is 9.59 Å². The van der Waals surface area contributed by atoms with E-state index < -0.39 is 11.2 Å². The number of aliphatic carboxylic acids is 1. The van der Waals surface area contributed by atoms with Gasteiger partial charge < -0.3 is 10.4 Å². The molecule has 2 N–H and O–H groups in total. The van der Waals surface area contributed by atoms with E-state index in [0.717, 1.165) is 23.9 Å². The van der Waals surface area contributed by atoms with E-state index in [9.17, 15) is 9.59 Å². The first-order valence-electron chi connectivity index (χ1n) is 4.83. The number of amides is 1. The molecule has 1 saturated heterocycles. The number of nitrogens with one attached hydrogen (secondary N) is 1. The Labute approximate surface area is 97.2 Å². The van der Waals surface area contributed by atoms with Gasteiger partial charge in [0.2, 0.25) is 5.91 Å². The standard InChI is InChI=1S/C9H13N3O3S/c1-3-5(2)11-12-9-10-8(15)6(16-9)4-7(13)14/h6H,3-4H2,1-2H3,(H,13,14)(H,10,12,15)/b11-5+/t6-/m0/s1. The fourth-order valence-electron chi connectivity index (χ4n) is 0.947. The van der Waals surface area contributed by atoms with Gasteiger partial charge in [-0.05, 0) is 13.3 Å². The minimum absolute atomic E-state index is 0.202. The Morgan fingerprint density at radius 1 is 1.62 bits per heavy atom. The molecule has 0 aromatic heterocycles. The van der Waals surface area contributed by atoms with Crippen molar-refractivity contribution in [2.24, 2.45) is 10.2 Å². The maximum atomic E-state index is 11.3. The second kappa shape index (κ2) is 5.64. The average Bonchev–Trinajstić information content (AvgIpc) is 2.55. The number of carboxylic acid groups (broad SMARTS) is 1. The number of amidine groups is 1. The second-order valence-electron chi connectivity index (χ2n) is 3.29. The maximum Gasteiger partial charge on any atom is 0.305 e. The van der Waals surface area contributed by atoms with Crippen LogP contribution in [0.4, 0.5) is 0 Å². The van der Waals surface area contributed by atoms with E-state index in [0.29, 0.717) is 5.17 Å². The van der Waals surface area contributed by atoms with Crippen LogP contribution >= 0.6 is 11.8 Å². The number of hydrogen-bond acceptors (Lipinski definition) is 5. The SMILES string of the molecule is CC/C(C)=N/N=C1\NC(=O)[C@H](CC(=O)O)S1. The highest BCUT2D eigenvalue weighted by molar-refractivity contribution is 8.15. The molecule has 0 bridgehead atoms. The number of rotatable bonds is 4. The van der Waals surface area contributed by atoms with Gasteiger partial charge in [-0.2, -0.15) is 5.10 Å². The summed E-state index contributed by atoms with van der Waals surface area (Å²) in [4.78, 5) is 21.8. The smallest absolute Gasteiger partial charge is 0.305 e. The van der Waals surface area contributed by atoms with Gasteiger partial charge in [-0.25, -0.2) is 0 Å². The number of carbonyl (C=O) groups excluding carboxylic acids is 1. The lowest BCUT2D eigenvalue weighted by molar-refractivity contribution is -0.138. The van der Waals surface area contributed by atoms with Gasteiger partial charge in [0.05, 0.1) is 6.42 Å². The maximum absolute atomic E-state index is 11.3. The van der Waals surface area contributed by atoms with Crippen LogP contribution in [0.15, 0.2) is 10.2 Å². The third-order valence-corrected chi connectivity index (χ3v) is 3.03. The molecule has 88 valence electrons. The Bertz CT molecular complexity index is 365. The van der Waals surface area contributed by atoms with Crippen LogP contribution in [0.2, 0.25) is 0 Å². The first-order chi connectivity index (χ1) is 7.52. The van der Waals surface area contributed by atoms with Crippen molar-refractivity contribution in [1.82, 2.24) is 5.32 Å². The summed E-state index contributed by atoms with van der Waals surface area (Å²) < 4.78 is 0. The van der Waals surface area contributed by atoms with E-state index in [-0.39, 0.29) is 12.3 Å². The molecule has 0 aliphatic carbocycles. The zero-order valence-electron chi connectivity index (χ0n) is 9.06. The summed E-state index contributed by atoms with van der Waals surface area (Å²) in [6.07, 6.45) is 0.583. The van der Waals surface area contributed by atoms with Gasteiger partial charge in [0.25, 0.3) is 0 Å². The second-order valence-corrected chi connectivity index (χ2v) is 4.48. The van der Waals surface area contributed by atoms with E-state index >= 15 is 0 Å². The molecular formula is C9H13N3O3S. The molecule has 6 nitrogen and oxygen atoms in total. The molecule has 0 radical (unpaired) electrons. The molecule has 0 unspecified atom stereocenters. The van der Waals surface area contributed by atoms with Crippen molar-refractivity contribution in [2.45, 2.75) is 31.9 Å². The Kier molecular flexibility index (Phi) is 4.48. The van der Waals surface area contributed by atoms with Crippen molar-refractivity contribution in [3.8, 4) is 0 Å².